The van der Waals surface area contributed by atoms with Gasteiger partial charge in [0.15, 0.2) is 5.58 Å². The van der Waals surface area contributed by atoms with Gasteiger partial charge in [0.05, 0.1) is 5.92 Å². The van der Waals surface area contributed by atoms with Gasteiger partial charge in [0.1, 0.15) is 5.52 Å². The molecular formula is C17H16N2O. The summed E-state index contributed by atoms with van der Waals surface area (Å²) in [5.41, 5.74) is 5.61. The molecule has 0 saturated carbocycles. The van der Waals surface area contributed by atoms with Gasteiger partial charge in [-0.1, -0.05) is 24.3 Å². The average molecular weight is 264 g/mol. The number of aromatic nitrogens is 1. The van der Waals surface area contributed by atoms with E-state index in [4.69, 9.17) is 4.42 Å². The molecule has 3 nitrogen and oxygen atoms in total. The molecule has 2 aromatic carbocycles. The number of hydrogen-bond donors (Lipinski definition) is 1. The SMILES string of the molecule is Cc1ccc2nc(C3CNc4ccccc4C3)oc2c1. The number of para-hydroxylation sites is 1. The molecule has 3 aromatic rings. The summed E-state index contributed by atoms with van der Waals surface area (Å²) in [6, 6.07) is 14.6. The van der Waals surface area contributed by atoms with Crippen molar-refractivity contribution < 1.29 is 4.42 Å². The van der Waals surface area contributed by atoms with Crippen LogP contribution in [0, 0.1) is 6.92 Å². The molecule has 3 heteroatoms. The van der Waals surface area contributed by atoms with Crippen LogP contribution in [0.5, 0.6) is 0 Å². The smallest absolute Gasteiger partial charge is 0.200 e. The van der Waals surface area contributed by atoms with Gasteiger partial charge in [-0.15, -0.1) is 0 Å². The van der Waals surface area contributed by atoms with E-state index in [2.05, 4.69) is 53.6 Å². The number of hydrogen-bond acceptors (Lipinski definition) is 3. The molecule has 0 spiro atoms. The van der Waals surface area contributed by atoms with E-state index in [1.54, 1.807) is 0 Å². The van der Waals surface area contributed by atoms with Crippen molar-refractivity contribution in [1.82, 2.24) is 4.98 Å². The van der Waals surface area contributed by atoms with E-state index in [1.165, 1.54) is 16.8 Å². The van der Waals surface area contributed by atoms with Crippen molar-refractivity contribution >= 4 is 16.8 Å². The molecule has 0 fully saturated rings. The topological polar surface area (TPSA) is 38.1 Å². The highest BCUT2D eigenvalue weighted by Crippen LogP contribution is 2.31. The number of benzene rings is 2. The second kappa shape index (κ2) is 4.37. The van der Waals surface area contributed by atoms with Gasteiger partial charge in [-0.3, -0.25) is 0 Å². The quantitative estimate of drug-likeness (QED) is 0.724. The van der Waals surface area contributed by atoms with Crippen LogP contribution in [0.25, 0.3) is 11.1 Å². The minimum absolute atomic E-state index is 0.303. The van der Waals surface area contributed by atoms with Crippen LogP contribution in [0.1, 0.15) is 22.9 Å². The fourth-order valence-corrected chi connectivity index (χ4v) is 2.84. The first-order valence-corrected chi connectivity index (χ1v) is 6.98. The number of nitrogens with one attached hydrogen (secondary N) is 1. The van der Waals surface area contributed by atoms with Crippen molar-refractivity contribution in [2.45, 2.75) is 19.3 Å². The first-order chi connectivity index (χ1) is 9.79. The highest BCUT2D eigenvalue weighted by molar-refractivity contribution is 5.73. The zero-order valence-corrected chi connectivity index (χ0v) is 11.4. The molecule has 1 aliphatic heterocycles. The van der Waals surface area contributed by atoms with Crippen LogP contribution >= 0.6 is 0 Å². The number of aryl methyl sites for hydroxylation is 1. The minimum Gasteiger partial charge on any atom is -0.440 e. The third-order valence-electron chi connectivity index (χ3n) is 3.93. The van der Waals surface area contributed by atoms with Gasteiger partial charge in [0.25, 0.3) is 0 Å². The number of rotatable bonds is 1. The maximum atomic E-state index is 5.95. The van der Waals surface area contributed by atoms with Gasteiger partial charge in [0, 0.05) is 12.2 Å². The Bertz CT molecular complexity index is 776. The Morgan fingerprint density at radius 3 is 3.05 bits per heavy atom. The van der Waals surface area contributed by atoms with Crippen molar-refractivity contribution in [2.75, 3.05) is 11.9 Å². The van der Waals surface area contributed by atoms with Crippen molar-refractivity contribution in [3.63, 3.8) is 0 Å². The van der Waals surface area contributed by atoms with Crippen molar-refractivity contribution in [3.05, 3.63) is 59.5 Å². The van der Waals surface area contributed by atoms with Crippen molar-refractivity contribution in [1.29, 1.82) is 0 Å². The lowest BCUT2D eigenvalue weighted by molar-refractivity contribution is 0.471. The number of oxazole rings is 1. The molecule has 0 saturated heterocycles. The second-order valence-corrected chi connectivity index (χ2v) is 5.46. The minimum atomic E-state index is 0.303. The molecule has 0 aliphatic carbocycles. The molecule has 4 rings (SSSR count). The molecule has 2 heterocycles. The molecule has 1 atom stereocenters. The van der Waals surface area contributed by atoms with E-state index in [0.717, 1.165) is 30.0 Å². The second-order valence-electron chi connectivity index (χ2n) is 5.46. The molecule has 0 radical (unpaired) electrons. The van der Waals surface area contributed by atoms with E-state index < -0.39 is 0 Å². The zero-order chi connectivity index (χ0) is 13.5. The standard InChI is InChI=1S/C17H16N2O/c1-11-6-7-15-16(8-11)20-17(19-15)13-9-12-4-2-3-5-14(12)18-10-13/h2-8,13,18H,9-10H2,1H3. The monoisotopic (exact) mass is 264 g/mol. The van der Waals surface area contributed by atoms with Gasteiger partial charge in [-0.2, -0.15) is 0 Å². The van der Waals surface area contributed by atoms with E-state index in [1.807, 2.05) is 6.07 Å². The van der Waals surface area contributed by atoms with Crippen LogP contribution < -0.4 is 5.32 Å². The molecule has 0 bridgehead atoms. The lowest BCUT2D eigenvalue weighted by Crippen LogP contribution is -2.21. The molecule has 100 valence electrons. The summed E-state index contributed by atoms with van der Waals surface area (Å²) in [4.78, 5) is 4.64. The van der Waals surface area contributed by atoms with Gasteiger partial charge in [-0.05, 0) is 42.7 Å². The van der Waals surface area contributed by atoms with Crippen LogP contribution in [-0.2, 0) is 6.42 Å². The Morgan fingerprint density at radius 2 is 2.10 bits per heavy atom. The molecule has 1 aromatic heterocycles. The van der Waals surface area contributed by atoms with E-state index in [-0.39, 0.29) is 0 Å². The molecule has 1 N–H and O–H groups in total. The third-order valence-corrected chi connectivity index (χ3v) is 3.93. The predicted octanol–water partition coefficient (Wildman–Crippen LogP) is 3.89. The summed E-state index contributed by atoms with van der Waals surface area (Å²) in [5.74, 6) is 1.14. The fourth-order valence-electron chi connectivity index (χ4n) is 2.84. The summed E-state index contributed by atoms with van der Waals surface area (Å²) in [5, 5.41) is 3.47. The maximum absolute atomic E-state index is 5.95. The third kappa shape index (κ3) is 1.86. The summed E-state index contributed by atoms with van der Waals surface area (Å²) < 4.78 is 5.95. The van der Waals surface area contributed by atoms with E-state index in [0.29, 0.717) is 5.92 Å². The highest BCUT2D eigenvalue weighted by Gasteiger charge is 2.23. The molecule has 1 unspecified atom stereocenters. The first kappa shape index (κ1) is 11.5. The Balaban J connectivity index is 1.70. The van der Waals surface area contributed by atoms with E-state index >= 15 is 0 Å². The lowest BCUT2D eigenvalue weighted by atomic mass is 9.94. The van der Waals surface area contributed by atoms with Crippen LogP contribution in [0.4, 0.5) is 5.69 Å². The molecule has 1 aliphatic rings. The number of anilines is 1. The van der Waals surface area contributed by atoms with Crippen LogP contribution in [0.3, 0.4) is 0 Å². The fraction of sp³-hybridized carbons (Fsp3) is 0.235. The molecule has 0 amide bonds. The van der Waals surface area contributed by atoms with Crippen LogP contribution in [0.2, 0.25) is 0 Å². The van der Waals surface area contributed by atoms with Crippen LogP contribution in [0.15, 0.2) is 46.9 Å². The maximum Gasteiger partial charge on any atom is 0.200 e. The van der Waals surface area contributed by atoms with Gasteiger partial charge in [0.2, 0.25) is 5.89 Å². The highest BCUT2D eigenvalue weighted by atomic mass is 16.3. The zero-order valence-electron chi connectivity index (χ0n) is 11.4. The number of fused-ring (bicyclic) bond motifs is 2. The van der Waals surface area contributed by atoms with Gasteiger partial charge >= 0.3 is 0 Å². The molecular weight excluding hydrogens is 248 g/mol. The summed E-state index contributed by atoms with van der Waals surface area (Å²) >= 11 is 0. The predicted molar refractivity (Wildman–Crippen MR) is 80.1 cm³/mol. The summed E-state index contributed by atoms with van der Waals surface area (Å²) in [6.07, 6.45) is 0.981. The van der Waals surface area contributed by atoms with Crippen LogP contribution in [-0.4, -0.2) is 11.5 Å². The average Bonchev–Trinajstić information content (AvgIpc) is 2.89. The van der Waals surface area contributed by atoms with Gasteiger partial charge in [-0.25, -0.2) is 4.98 Å². The van der Waals surface area contributed by atoms with E-state index in [9.17, 15) is 0 Å². The van der Waals surface area contributed by atoms with Gasteiger partial charge < -0.3 is 9.73 Å². The van der Waals surface area contributed by atoms with Crippen molar-refractivity contribution in [2.24, 2.45) is 0 Å². The largest absolute Gasteiger partial charge is 0.440 e. The molecule has 20 heavy (non-hydrogen) atoms. The normalized spacial score (nSPS) is 17.8. The summed E-state index contributed by atoms with van der Waals surface area (Å²) in [6.45, 7) is 2.95. The lowest BCUT2D eigenvalue weighted by Gasteiger charge is -2.23. The summed E-state index contributed by atoms with van der Waals surface area (Å²) in [7, 11) is 0. The Labute approximate surface area is 117 Å². The van der Waals surface area contributed by atoms with Crippen molar-refractivity contribution in [3.8, 4) is 0 Å². The number of nitrogens with zero attached hydrogens (tertiary/aromatic N) is 1. The Morgan fingerprint density at radius 1 is 1.20 bits per heavy atom. The Hall–Kier alpha value is -2.29. The first-order valence-electron chi connectivity index (χ1n) is 6.98. The Kier molecular flexibility index (Phi) is 2.52.